The van der Waals surface area contributed by atoms with Crippen molar-refractivity contribution in [2.75, 3.05) is 5.73 Å². The summed E-state index contributed by atoms with van der Waals surface area (Å²) in [6, 6.07) is 3.59. The highest BCUT2D eigenvalue weighted by Crippen LogP contribution is 2.13. The van der Waals surface area contributed by atoms with Crippen molar-refractivity contribution in [3.63, 3.8) is 0 Å². The third kappa shape index (κ3) is 2.54. The molecule has 0 fully saturated rings. The number of nitrogens with zero attached hydrogens (tertiary/aromatic N) is 3. The Morgan fingerprint density at radius 1 is 1.53 bits per heavy atom. The molecular formula is C9H9FN6O. The molecule has 88 valence electrons. The Kier molecular flexibility index (Phi) is 2.95. The minimum absolute atomic E-state index is 0.0773. The van der Waals surface area contributed by atoms with Crippen LogP contribution in [0.4, 0.5) is 10.1 Å². The Labute approximate surface area is 95.2 Å². The highest BCUT2D eigenvalue weighted by atomic mass is 19.1. The van der Waals surface area contributed by atoms with Crippen LogP contribution in [0.5, 0.6) is 0 Å². The Morgan fingerprint density at radius 3 is 3.06 bits per heavy atom. The number of aromatic amines is 1. The number of benzene rings is 1. The van der Waals surface area contributed by atoms with E-state index in [4.69, 9.17) is 5.73 Å². The van der Waals surface area contributed by atoms with Crippen molar-refractivity contribution in [3.8, 4) is 0 Å². The zero-order valence-electron chi connectivity index (χ0n) is 8.64. The first kappa shape index (κ1) is 11.0. The highest BCUT2D eigenvalue weighted by Gasteiger charge is 2.11. The number of halogens is 1. The molecule has 0 saturated carbocycles. The number of hydrogen-bond donors (Lipinski definition) is 3. The van der Waals surface area contributed by atoms with Crippen LogP contribution >= 0.6 is 0 Å². The van der Waals surface area contributed by atoms with Gasteiger partial charge in [0.1, 0.15) is 5.82 Å². The number of nitrogens with one attached hydrogen (secondary N) is 2. The standard InChI is InChI=1S/C9H9FN6O/c10-5-1-2-7(11)6(3-5)9(17)12-4-8-13-15-16-14-8/h1-3H,4,11H2,(H,12,17)(H,13,14,15,16). The third-order valence-electron chi connectivity index (χ3n) is 2.06. The second-order valence-corrected chi connectivity index (χ2v) is 3.24. The second kappa shape index (κ2) is 4.56. The number of hydrogen-bond acceptors (Lipinski definition) is 5. The van der Waals surface area contributed by atoms with Crippen molar-refractivity contribution in [1.82, 2.24) is 25.9 Å². The first-order valence-corrected chi connectivity index (χ1v) is 4.72. The van der Waals surface area contributed by atoms with Crippen LogP contribution in [0.15, 0.2) is 18.2 Å². The fourth-order valence-electron chi connectivity index (χ4n) is 1.24. The zero-order chi connectivity index (χ0) is 12.3. The monoisotopic (exact) mass is 236 g/mol. The van der Waals surface area contributed by atoms with Crippen LogP contribution in [-0.4, -0.2) is 26.5 Å². The average molecular weight is 236 g/mol. The maximum Gasteiger partial charge on any atom is 0.253 e. The van der Waals surface area contributed by atoms with E-state index in [1.807, 2.05) is 0 Å². The molecule has 0 saturated heterocycles. The van der Waals surface area contributed by atoms with E-state index in [0.29, 0.717) is 5.82 Å². The van der Waals surface area contributed by atoms with E-state index in [9.17, 15) is 9.18 Å². The molecule has 1 aromatic heterocycles. The number of carbonyl (C=O) groups is 1. The summed E-state index contributed by atoms with van der Waals surface area (Å²) in [5, 5.41) is 15.4. The van der Waals surface area contributed by atoms with E-state index in [-0.39, 0.29) is 17.8 Å². The fourth-order valence-corrected chi connectivity index (χ4v) is 1.24. The van der Waals surface area contributed by atoms with Crippen LogP contribution in [0.2, 0.25) is 0 Å². The Balaban J connectivity index is 2.07. The number of nitrogen functional groups attached to an aromatic ring is 1. The lowest BCUT2D eigenvalue weighted by Crippen LogP contribution is -2.24. The molecule has 0 bridgehead atoms. The molecule has 0 radical (unpaired) electrons. The molecule has 0 aliphatic rings. The number of aromatic nitrogens is 4. The molecule has 0 aliphatic carbocycles. The smallest absolute Gasteiger partial charge is 0.253 e. The first-order chi connectivity index (χ1) is 8.16. The van der Waals surface area contributed by atoms with Crippen molar-refractivity contribution >= 4 is 11.6 Å². The van der Waals surface area contributed by atoms with Crippen LogP contribution < -0.4 is 11.1 Å². The van der Waals surface area contributed by atoms with Gasteiger partial charge >= 0.3 is 0 Å². The second-order valence-electron chi connectivity index (χ2n) is 3.24. The van der Waals surface area contributed by atoms with Gasteiger partial charge in [0.15, 0.2) is 5.82 Å². The molecule has 2 aromatic rings. The van der Waals surface area contributed by atoms with Crippen LogP contribution in [0, 0.1) is 5.82 Å². The predicted octanol–water partition coefficient (Wildman–Crippen LogP) is -0.149. The van der Waals surface area contributed by atoms with Crippen LogP contribution in [0.1, 0.15) is 16.2 Å². The number of H-pyrrole nitrogens is 1. The lowest BCUT2D eigenvalue weighted by Gasteiger charge is -2.05. The van der Waals surface area contributed by atoms with Gasteiger partial charge in [-0.25, -0.2) is 4.39 Å². The van der Waals surface area contributed by atoms with Crippen molar-refractivity contribution < 1.29 is 9.18 Å². The lowest BCUT2D eigenvalue weighted by atomic mass is 10.1. The number of amides is 1. The van der Waals surface area contributed by atoms with E-state index < -0.39 is 11.7 Å². The van der Waals surface area contributed by atoms with Gasteiger partial charge in [-0.15, -0.1) is 10.2 Å². The molecule has 7 nitrogen and oxygen atoms in total. The summed E-state index contributed by atoms with van der Waals surface area (Å²) in [6.07, 6.45) is 0. The molecule has 0 atom stereocenters. The van der Waals surface area contributed by atoms with Gasteiger partial charge in [0.25, 0.3) is 5.91 Å². The van der Waals surface area contributed by atoms with Crippen LogP contribution in [0.25, 0.3) is 0 Å². The summed E-state index contributed by atoms with van der Waals surface area (Å²) in [6.45, 7) is 0.0886. The van der Waals surface area contributed by atoms with E-state index >= 15 is 0 Å². The summed E-state index contributed by atoms with van der Waals surface area (Å²) in [7, 11) is 0. The Bertz CT molecular complexity index is 526. The zero-order valence-corrected chi connectivity index (χ0v) is 8.64. The minimum Gasteiger partial charge on any atom is -0.398 e. The highest BCUT2D eigenvalue weighted by molar-refractivity contribution is 5.99. The fraction of sp³-hybridized carbons (Fsp3) is 0.111. The molecule has 1 heterocycles. The summed E-state index contributed by atoms with van der Waals surface area (Å²) in [4.78, 5) is 11.7. The summed E-state index contributed by atoms with van der Waals surface area (Å²) in [5.41, 5.74) is 5.84. The molecule has 4 N–H and O–H groups in total. The number of tetrazole rings is 1. The van der Waals surface area contributed by atoms with Gasteiger partial charge in [-0.3, -0.25) is 4.79 Å². The van der Waals surface area contributed by atoms with Gasteiger partial charge in [0, 0.05) is 5.69 Å². The minimum atomic E-state index is -0.524. The Morgan fingerprint density at radius 2 is 2.35 bits per heavy atom. The maximum absolute atomic E-state index is 12.9. The topological polar surface area (TPSA) is 110 Å². The molecule has 1 amide bonds. The van der Waals surface area contributed by atoms with Gasteiger partial charge < -0.3 is 11.1 Å². The van der Waals surface area contributed by atoms with Gasteiger partial charge in [-0.2, -0.15) is 5.21 Å². The lowest BCUT2D eigenvalue weighted by molar-refractivity contribution is 0.0950. The molecular weight excluding hydrogens is 227 g/mol. The number of anilines is 1. The summed E-state index contributed by atoms with van der Waals surface area (Å²) >= 11 is 0. The average Bonchev–Trinajstić information content (AvgIpc) is 2.82. The molecule has 17 heavy (non-hydrogen) atoms. The molecule has 1 aromatic carbocycles. The van der Waals surface area contributed by atoms with E-state index in [1.165, 1.54) is 12.1 Å². The maximum atomic E-state index is 12.9. The summed E-state index contributed by atoms with van der Waals surface area (Å²) in [5.74, 6) is -0.691. The van der Waals surface area contributed by atoms with Crippen LogP contribution in [-0.2, 0) is 6.54 Å². The molecule has 0 spiro atoms. The van der Waals surface area contributed by atoms with E-state index in [1.54, 1.807) is 0 Å². The molecule has 0 aliphatic heterocycles. The van der Waals surface area contributed by atoms with Gasteiger partial charge in [0.2, 0.25) is 0 Å². The Hall–Kier alpha value is -2.51. The molecule has 2 rings (SSSR count). The van der Waals surface area contributed by atoms with Gasteiger partial charge in [0.05, 0.1) is 12.1 Å². The van der Waals surface area contributed by atoms with E-state index in [0.717, 1.165) is 6.07 Å². The van der Waals surface area contributed by atoms with Crippen LogP contribution in [0.3, 0.4) is 0 Å². The van der Waals surface area contributed by atoms with Crippen molar-refractivity contribution in [1.29, 1.82) is 0 Å². The quantitative estimate of drug-likeness (QED) is 0.642. The normalized spacial score (nSPS) is 10.2. The van der Waals surface area contributed by atoms with Gasteiger partial charge in [-0.1, -0.05) is 5.21 Å². The number of carbonyl (C=O) groups excluding carboxylic acids is 1. The van der Waals surface area contributed by atoms with Crippen molar-refractivity contribution in [2.24, 2.45) is 0 Å². The molecule has 8 heteroatoms. The van der Waals surface area contributed by atoms with E-state index in [2.05, 4.69) is 25.9 Å². The predicted molar refractivity (Wildman–Crippen MR) is 56.2 cm³/mol. The first-order valence-electron chi connectivity index (χ1n) is 4.72. The van der Waals surface area contributed by atoms with Gasteiger partial charge in [-0.05, 0) is 18.2 Å². The number of nitrogens with two attached hydrogens (primary N) is 1. The summed E-state index contributed by atoms with van der Waals surface area (Å²) < 4.78 is 12.9. The largest absolute Gasteiger partial charge is 0.398 e. The SMILES string of the molecule is Nc1ccc(F)cc1C(=O)NCc1nn[nH]n1. The number of rotatable bonds is 3. The van der Waals surface area contributed by atoms with Crippen molar-refractivity contribution in [3.05, 3.63) is 35.4 Å². The third-order valence-corrected chi connectivity index (χ3v) is 2.06. The van der Waals surface area contributed by atoms with Crippen molar-refractivity contribution in [2.45, 2.75) is 6.54 Å². The molecule has 0 unspecified atom stereocenters.